The number of likely N-dealkylation sites (tertiary alicyclic amines) is 1. The summed E-state index contributed by atoms with van der Waals surface area (Å²) < 4.78 is -1.46. The summed E-state index contributed by atoms with van der Waals surface area (Å²) in [5.41, 5.74) is 1.56. The minimum absolute atomic E-state index is 0.0485. The highest BCUT2D eigenvalue weighted by Gasteiger charge is 2.73. The quantitative estimate of drug-likeness (QED) is 0.407. The van der Waals surface area contributed by atoms with Crippen LogP contribution in [0, 0.1) is 18.8 Å². The molecule has 7 nitrogen and oxygen atoms in total. The van der Waals surface area contributed by atoms with Gasteiger partial charge in [-0.2, -0.15) is 0 Å². The van der Waals surface area contributed by atoms with Gasteiger partial charge in [0.15, 0.2) is 0 Å². The van der Waals surface area contributed by atoms with Gasteiger partial charge in [0.05, 0.1) is 27.3 Å². The molecule has 0 aliphatic carbocycles. The molecule has 5 rings (SSSR count). The Bertz CT molecular complexity index is 1180. The summed E-state index contributed by atoms with van der Waals surface area (Å²) >= 11 is 8.22. The van der Waals surface area contributed by atoms with Crippen LogP contribution in [0.4, 0.5) is 5.69 Å². The Morgan fingerprint density at radius 2 is 1.74 bits per heavy atom. The van der Waals surface area contributed by atoms with Gasteiger partial charge in [0, 0.05) is 38.0 Å². The van der Waals surface area contributed by atoms with E-state index in [0.717, 1.165) is 24.8 Å². The Morgan fingerprint density at radius 1 is 1.00 bits per heavy atom. The topological polar surface area (TPSA) is 81.2 Å². The number of likely N-dealkylation sites (N-methyl/N-ethyl adjacent to an activating group) is 1. The zero-order valence-electron chi connectivity index (χ0n) is 22.2. The third-order valence-electron chi connectivity index (χ3n) is 8.52. The second-order valence-corrected chi connectivity index (χ2v) is 13.2. The molecule has 4 aliphatic rings. The minimum atomic E-state index is -0.860. The Labute approximate surface area is 233 Å². The lowest BCUT2D eigenvalue weighted by atomic mass is 9.74. The van der Waals surface area contributed by atoms with Gasteiger partial charge in [-0.3, -0.25) is 14.4 Å². The van der Waals surface area contributed by atoms with Crippen LogP contribution < -0.4 is 4.90 Å². The number of para-hydroxylation sites is 1. The van der Waals surface area contributed by atoms with Gasteiger partial charge in [0.1, 0.15) is 6.04 Å². The van der Waals surface area contributed by atoms with E-state index in [1.54, 1.807) is 39.6 Å². The van der Waals surface area contributed by atoms with E-state index >= 15 is 0 Å². The van der Waals surface area contributed by atoms with Gasteiger partial charge < -0.3 is 19.8 Å². The molecule has 0 bridgehead atoms. The van der Waals surface area contributed by atoms with E-state index in [1.165, 1.54) is 0 Å². The fourth-order valence-corrected chi connectivity index (χ4v) is 9.28. The third kappa shape index (κ3) is 4.20. The van der Waals surface area contributed by atoms with Crippen LogP contribution in [-0.4, -0.2) is 81.5 Å². The molecule has 0 saturated carbocycles. The molecule has 9 heteroatoms. The average molecular weight is 558 g/mol. The molecule has 204 valence electrons. The Hall–Kier alpha value is -2.29. The first kappa shape index (κ1) is 27.3. The van der Waals surface area contributed by atoms with E-state index in [2.05, 4.69) is 6.08 Å². The molecule has 2 saturated heterocycles. The number of carbonyl (C=O) groups excluding carboxylic acids is 3. The number of amides is 3. The number of aliphatic hydroxyl groups excluding tert-OH is 1. The van der Waals surface area contributed by atoms with Crippen molar-refractivity contribution in [3.63, 3.8) is 0 Å². The van der Waals surface area contributed by atoms with Crippen molar-refractivity contribution < 1.29 is 19.5 Å². The van der Waals surface area contributed by atoms with Gasteiger partial charge in [-0.1, -0.05) is 60.9 Å². The molecule has 0 radical (unpaired) electrons. The van der Waals surface area contributed by atoms with Gasteiger partial charge >= 0.3 is 0 Å². The van der Waals surface area contributed by atoms with Crippen LogP contribution in [0.15, 0.2) is 42.5 Å². The number of fused-ring (bicyclic) bond motifs is 2. The molecule has 1 N–H and O–H groups in total. The molecule has 1 aromatic carbocycles. The predicted octanol–water partition coefficient (Wildman–Crippen LogP) is 3.82. The van der Waals surface area contributed by atoms with Gasteiger partial charge in [0.2, 0.25) is 11.8 Å². The van der Waals surface area contributed by atoms with Gasteiger partial charge in [0.25, 0.3) is 5.91 Å². The maximum Gasteiger partial charge on any atom is 0.251 e. The van der Waals surface area contributed by atoms with Crippen molar-refractivity contribution in [2.24, 2.45) is 11.8 Å². The van der Waals surface area contributed by atoms with E-state index in [-0.39, 0.29) is 24.3 Å². The lowest BCUT2D eigenvalue weighted by molar-refractivity contribution is -0.143. The summed E-state index contributed by atoms with van der Waals surface area (Å²) in [6.45, 7) is 5.40. The fraction of sp³-hybridized carbons (Fsp3) is 0.552. The summed E-state index contributed by atoms with van der Waals surface area (Å²) in [7, 11) is 1.78. The molecule has 1 unspecified atom stereocenters. The van der Waals surface area contributed by atoms with Crippen LogP contribution in [0.2, 0.25) is 5.02 Å². The smallest absolute Gasteiger partial charge is 0.251 e. The van der Waals surface area contributed by atoms with Gasteiger partial charge in [-0.05, 0) is 38.3 Å². The second kappa shape index (κ2) is 10.4. The first-order chi connectivity index (χ1) is 18.2. The predicted molar refractivity (Wildman–Crippen MR) is 151 cm³/mol. The number of aryl methyl sites for hydroxylation is 1. The lowest BCUT2D eigenvalue weighted by Gasteiger charge is -2.37. The van der Waals surface area contributed by atoms with Gasteiger partial charge in [-0.15, -0.1) is 11.8 Å². The number of rotatable bonds is 7. The molecule has 0 aromatic heterocycles. The summed E-state index contributed by atoms with van der Waals surface area (Å²) in [4.78, 5) is 47.7. The molecule has 5 atom stereocenters. The largest absolute Gasteiger partial charge is 0.396 e. The number of aliphatic hydroxyl groups is 1. The number of hydrogen-bond acceptors (Lipinski definition) is 5. The van der Waals surface area contributed by atoms with Crippen LogP contribution in [0.25, 0.3) is 0 Å². The van der Waals surface area contributed by atoms with E-state index < -0.39 is 27.4 Å². The SMILES string of the molecule is Cc1cccc(Cl)c1N1CC=C[C@]23S[C@@]4(C)C=CCN(C)C(=O)[C@H]4[C@H]2C(=O)N(CCCCCCO)C3C1=O. The maximum atomic E-state index is 14.6. The zero-order chi connectivity index (χ0) is 27.2. The fourth-order valence-electron chi connectivity index (χ4n) is 6.80. The number of nitrogens with zero attached hydrogens (tertiary/aromatic N) is 3. The van der Waals surface area contributed by atoms with Crippen LogP contribution in [0.5, 0.6) is 0 Å². The van der Waals surface area contributed by atoms with Crippen molar-refractivity contribution >= 4 is 46.8 Å². The number of unbranched alkanes of at least 4 members (excludes halogenated alkanes) is 3. The first-order valence-corrected chi connectivity index (χ1v) is 14.6. The summed E-state index contributed by atoms with van der Waals surface area (Å²) in [6, 6.07) is 4.84. The first-order valence-electron chi connectivity index (χ1n) is 13.4. The molecule has 2 fully saturated rings. The number of benzene rings is 1. The number of thioether (sulfide) groups is 1. The standard InChI is InChI=1S/C29H36ClN3O4S/c1-19-11-8-12-20(30)23(19)32-17-10-14-29-22(21-25(35)31(3)15-9-13-28(21,2)38-29)26(36)33(24(29)27(32)37)16-6-4-5-7-18-34/h8-14,21-22,24,34H,4-7,15-18H2,1-3H3/t21-,22+,24?,28+,29+/m1/s1. The average Bonchev–Trinajstić information content (AvgIpc) is 3.14. The highest BCUT2D eigenvalue weighted by molar-refractivity contribution is 8.02. The van der Waals surface area contributed by atoms with Gasteiger partial charge in [-0.25, -0.2) is 0 Å². The second-order valence-electron chi connectivity index (χ2n) is 11.0. The molecule has 4 aliphatic heterocycles. The van der Waals surface area contributed by atoms with E-state index in [1.807, 2.05) is 44.2 Å². The number of carbonyl (C=O) groups is 3. The monoisotopic (exact) mass is 557 g/mol. The van der Waals surface area contributed by atoms with Crippen LogP contribution in [-0.2, 0) is 14.4 Å². The summed E-state index contributed by atoms with van der Waals surface area (Å²) in [6.07, 6.45) is 11.3. The highest BCUT2D eigenvalue weighted by Crippen LogP contribution is 2.65. The Balaban J connectivity index is 1.60. The molecular weight excluding hydrogens is 522 g/mol. The van der Waals surface area contributed by atoms with Crippen molar-refractivity contribution in [2.45, 2.75) is 55.1 Å². The Kier molecular flexibility index (Phi) is 7.44. The number of anilines is 1. The van der Waals surface area contributed by atoms with Crippen molar-refractivity contribution in [3.05, 3.63) is 53.1 Å². The van der Waals surface area contributed by atoms with Crippen molar-refractivity contribution in [2.75, 3.05) is 38.2 Å². The van der Waals surface area contributed by atoms with Crippen LogP contribution in [0.1, 0.15) is 38.2 Å². The maximum absolute atomic E-state index is 14.6. The normalized spacial score (nSPS) is 32.4. The number of halogens is 1. The third-order valence-corrected chi connectivity index (χ3v) is 10.6. The highest BCUT2D eigenvalue weighted by atomic mass is 35.5. The molecule has 1 spiro atoms. The van der Waals surface area contributed by atoms with E-state index in [9.17, 15) is 14.4 Å². The van der Waals surface area contributed by atoms with E-state index in [0.29, 0.717) is 36.8 Å². The van der Waals surface area contributed by atoms with Crippen molar-refractivity contribution in [3.8, 4) is 0 Å². The minimum Gasteiger partial charge on any atom is -0.396 e. The lowest BCUT2D eigenvalue weighted by Crippen LogP contribution is -2.53. The molecular formula is C29H36ClN3O4S. The Morgan fingerprint density at radius 3 is 2.47 bits per heavy atom. The zero-order valence-corrected chi connectivity index (χ0v) is 23.8. The summed E-state index contributed by atoms with van der Waals surface area (Å²) in [5.74, 6) is -1.52. The van der Waals surface area contributed by atoms with E-state index in [4.69, 9.17) is 16.7 Å². The summed E-state index contributed by atoms with van der Waals surface area (Å²) in [5, 5.41) is 9.65. The van der Waals surface area contributed by atoms with Crippen LogP contribution in [0.3, 0.4) is 0 Å². The van der Waals surface area contributed by atoms with Crippen molar-refractivity contribution in [1.29, 1.82) is 0 Å². The van der Waals surface area contributed by atoms with Crippen LogP contribution >= 0.6 is 23.4 Å². The molecule has 1 aromatic rings. The molecule has 38 heavy (non-hydrogen) atoms. The number of hydrogen-bond donors (Lipinski definition) is 1. The molecule has 4 heterocycles. The molecule has 3 amide bonds. The van der Waals surface area contributed by atoms with Crippen molar-refractivity contribution in [1.82, 2.24) is 9.80 Å².